The summed E-state index contributed by atoms with van der Waals surface area (Å²) in [7, 11) is 0. The van der Waals surface area contributed by atoms with Crippen LogP contribution in [0.25, 0.3) is 0 Å². The second-order valence-corrected chi connectivity index (χ2v) is 4.27. The highest BCUT2D eigenvalue weighted by Gasteiger charge is 2.11. The molecule has 0 aliphatic carbocycles. The molecule has 94 valence electrons. The Morgan fingerprint density at radius 3 is 2.41 bits per heavy atom. The van der Waals surface area contributed by atoms with Crippen LogP contribution in [-0.4, -0.2) is 12.4 Å². The van der Waals surface area contributed by atoms with Crippen LogP contribution in [0.15, 0.2) is 24.3 Å². The Labute approximate surface area is 104 Å². The van der Waals surface area contributed by atoms with E-state index < -0.39 is 0 Å². The number of carbonyl (C=O) groups is 1. The van der Waals surface area contributed by atoms with Gasteiger partial charge in [-0.2, -0.15) is 0 Å². The van der Waals surface area contributed by atoms with E-state index in [1.807, 2.05) is 31.2 Å². The lowest BCUT2D eigenvalue weighted by atomic mass is 10.0. The van der Waals surface area contributed by atoms with Crippen LogP contribution in [0.4, 0.5) is 0 Å². The van der Waals surface area contributed by atoms with Gasteiger partial charge < -0.3 is 4.74 Å². The maximum Gasteiger partial charge on any atom is 0.166 e. The molecule has 0 spiro atoms. The maximum atomic E-state index is 11.7. The van der Waals surface area contributed by atoms with Gasteiger partial charge in [0, 0.05) is 6.42 Å². The molecule has 0 aliphatic heterocycles. The third-order valence-corrected chi connectivity index (χ3v) is 3.14. The Hall–Kier alpha value is -1.31. The van der Waals surface area contributed by atoms with Crippen molar-refractivity contribution >= 4 is 5.78 Å². The van der Waals surface area contributed by atoms with E-state index in [4.69, 9.17) is 4.74 Å². The third kappa shape index (κ3) is 3.88. The standard InChI is InChI=1S/C15H22O2/c1-4-12(5-2)11-17-15-10-8-7-9-13(15)14(16)6-3/h7-10,12H,4-6,11H2,1-3H3. The van der Waals surface area contributed by atoms with Crippen LogP contribution < -0.4 is 4.74 Å². The number of carbonyl (C=O) groups excluding carboxylic acids is 1. The fraction of sp³-hybridized carbons (Fsp3) is 0.533. The second-order valence-electron chi connectivity index (χ2n) is 4.27. The molecule has 0 bridgehead atoms. The molecule has 0 radical (unpaired) electrons. The first-order chi connectivity index (χ1) is 8.22. The van der Waals surface area contributed by atoms with E-state index in [1.165, 1.54) is 0 Å². The summed E-state index contributed by atoms with van der Waals surface area (Å²) in [6, 6.07) is 7.51. The molecular weight excluding hydrogens is 212 g/mol. The van der Waals surface area contributed by atoms with Crippen LogP contribution in [0.1, 0.15) is 50.4 Å². The molecule has 2 nitrogen and oxygen atoms in total. The van der Waals surface area contributed by atoms with Crippen molar-refractivity contribution in [2.45, 2.75) is 40.0 Å². The molecule has 1 aromatic carbocycles. The van der Waals surface area contributed by atoms with Crippen molar-refractivity contribution in [2.24, 2.45) is 5.92 Å². The molecule has 0 heterocycles. The van der Waals surface area contributed by atoms with Gasteiger partial charge in [-0.3, -0.25) is 4.79 Å². The molecule has 1 aromatic rings. The first-order valence-corrected chi connectivity index (χ1v) is 6.47. The molecule has 0 aromatic heterocycles. The zero-order valence-electron chi connectivity index (χ0n) is 11.0. The van der Waals surface area contributed by atoms with Crippen molar-refractivity contribution in [3.8, 4) is 5.75 Å². The maximum absolute atomic E-state index is 11.7. The molecule has 2 heteroatoms. The second kappa shape index (κ2) is 7.10. The molecule has 1 rings (SSSR count). The fourth-order valence-electron chi connectivity index (χ4n) is 1.75. The van der Waals surface area contributed by atoms with Crippen LogP contribution >= 0.6 is 0 Å². The van der Waals surface area contributed by atoms with E-state index in [0.29, 0.717) is 24.5 Å². The zero-order valence-corrected chi connectivity index (χ0v) is 11.0. The Balaban J connectivity index is 2.73. The quantitative estimate of drug-likeness (QED) is 0.664. The van der Waals surface area contributed by atoms with Gasteiger partial charge in [0.05, 0.1) is 12.2 Å². The first-order valence-electron chi connectivity index (χ1n) is 6.47. The molecule has 0 aliphatic rings. The molecule has 17 heavy (non-hydrogen) atoms. The van der Waals surface area contributed by atoms with E-state index in [2.05, 4.69) is 13.8 Å². The molecule has 0 atom stereocenters. The van der Waals surface area contributed by atoms with Crippen molar-refractivity contribution in [3.05, 3.63) is 29.8 Å². The van der Waals surface area contributed by atoms with Crippen LogP contribution in [0.2, 0.25) is 0 Å². The minimum absolute atomic E-state index is 0.144. The predicted molar refractivity (Wildman–Crippen MR) is 70.6 cm³/mol. The summed E-state index contributed by atoms with van der Waals surface area (Å²) in [5.74, 6) is 1.44. The van der Waals surface area contributed by atoms with E-state index in [1.54, 1.807) is 0 Å². The summed E-state index contributed by atoms with van der Waals surface area (Å²) in [5.41, 5.74) is 0.709. The minimum atomic E-state index is 0.144. The monoisotopic (exact) mass is 234 g/mol. The number of rotatable bonds is 7. The van der Waals surface area contributed by atoms with E-state index in [-0.39, 0.29) is 5.78 Å². The minimum Gasteiger partial charge on any atom is -0.493 e. The van der Waals surface area contributed by atoms with Gasteiger partial charge in [0.15, 0.2) is 5.78 Å². The highest BCUT2D eigenvalue weighted by molar-refractivity contribution is 5.98. The van der Waals surface area contributed by atoms with E-state index in [0.717, 1.165) is 18.6 Å². The van der Waals surface area contributed by atoms with Crippen LogP contribution in [0.3, 0.4) is 0 Å². The molecular formula is C15H22O2. The van der Waals surface area contributed by atoms with Crippen LogP contribution in [0, 0.1) is 5.92 Å². The summed E-state index contributed by atoms with van der Waals surface area (Å²) < 4.78 is 5.78. The van der Waals surface area contributed by atoms with Crippen molar-refractivity contribution in [2.75, 3.05) is 6.61 Å². The first kappa shape index (κ1) is 13.8. The number of hydrogen-bond acceptors (Lipinski definition) is 2. The van der Waals surface area contributed by atoms with Crippen molar-refractivity contribution in [3.63, 3.8) is 0 Å². The number of ketones is 1. The number of hydrogen-bond donors (Lipinski definition) is 0. The van der Waals surface area contributed by atoms with Gasteiger partial charge in [0.2, 0.25) is 0 Å². The van der Waals surface area contributed by atoms with E-state index in [9.17, 15) is 4.79 Å². The van der Waals surface area contributed by atoms with Gasteiger partial charge in [0.1, 0.15) is 5.75 Å². The molecule has 0 amide bonds. The topological polar surface area (TPSA) is 26.3 Å². The SMILES string of the molecule is CCC(=O)c1ccccc1OCC(CC)CC. The predicted octanol–water partition coefficient (Wildman–Crippen LogP) is 4.09. The van der Waals surface area contributed by atoms with Gasteiger partial charge in [-0.25, -0.2) is 0 Å². The Bertz CT molecular complexity index is 354. The number of para-hydroxylation sites is 1. The summed E-state index contributed by atoms with van der Waals surface area (Å²) in [4.78, 5) is 11.7. The highest BCUT2D eigenvalue weighted by atomic mass is 16.5. The van der Waals surface area contributed by atoms with E-state index >= 15 is 0 Å². The lowest BCUT2D eigenvalue weighted by molar-refractivity contribution is 0.0983. The van der Waals surface area contributed by atoms with Crippen molar-refractivity contribution < 1.29 is 9.53 Å². The van der Waals surface area contributed by atoms with Crippen molar-refractivity contribution in [1.82, 2.24) is 0 Å². The average Bonchev–Trinajstić information content (AvgIpc) is 2.39. The number of ether oxygens (including phenoxy) is 1. The Kier molecular flexibility index (Phi) is 5.75. The zero-order chi connectivity index (χ0) is 12.7. The van der Waals surface area contributed by atoms with Crippen LogP contribution in [-0.2, 0) is 0 Å². The average molecular weight is 234 g/mol. The molecule has 0 N–H and O–H groups in total. The third-order valence-electron chi connectivity index (χ3n) is 3.14. The Morgan fingerprint density at radius 2 is 1.82 bits per heavy atom. The molecule has 0 saturated heterocycles. The normalized spacial score (nSPS) is 10.6. The number of Topliss-reactive ketones (excluding diaryl/α,β-unsaturated/α-hetero) is 1. The summed E-state index contributed by atoms with van der Waals surface area (Å²) in [5, 5.41) is 0. The van der Waals surface area contributed by atoms with Crippen LogP contribution in [0.5, 0.6) is 5.75 Å². The summed E-state index contributed by atoms with van der Waals surface area (Å²) in [6.45, 7) is 6.91. The smallest absolute Gasteiger partial charge is 0.166 e. The summed E-state index contributed by atoms with van der Waals surface area (Å²) >= 11 is 0. The van der Waals surface area contributed by atoms with Gasteiger partial charge in [-0.05, 0) is 18.1 Å². The van der Waals surface area contributed by atoms with Gasteiger partial charge in [-0.15, -0.1) is 0 Å². The number of benzene rings is 1. The van der Waals surface area contributed by atoms with Gasteiger partial charge >= 0.3 is 0 Å². The highest BCUT2D eigenvalue weighted by Crippen LogP contribution is 2.21. The summed E-state index contributed by atoms with van der Waals surface area (Å²) in [6.07, 6.45) is 2.74. The molecule has 0 unspecified atom stereocenters. The largest absolute Gasteiger partial charge is 0.493 e. The fourth-order valence-corrected chi connectivity index (χ4v) is 1.75. The Morgan fingerprint density at radius 1 is 1.18 bits per heavy atom. The molecule has 0 saturated carbocycles. The van der Waals surface area contributed by atoms with Crippen molar-refractivity contribution in [1.29, 1.82) is 0 Å². The van der Waals surface area contributed by atoms with Gasteiger partial charge in [0.25, 0.3) is 0 Å². The lowest BCUT2D eigenvalue weighted by Gasteiger charge is -2.15. The lowest BCUT2D eigenvalue weighted by Crippen LogP contribution is -2.12. The molecule has 0 fully saturated rings. The van der Waals surface area contributed by atoms with Gasteiger partial charge in [-0.1, -0.05) is 45.7 Å².